The van der Waals surface area contributed by atoms with Crippen molar-refractivity contribution in [3.8, 4) is 11.1 Å². The number of hydrogen-bond acceptors (Lipinski definition) is 6. The van der Waals surface area contributed by atoms with E-state index < -0.39 is 10.0 Å². The van der Waals surface area contributed by atoms with E-state index in [9.17, 15) is 8.42 Å². The fraction of sp³-hybridized carbons (Fsp3) is 0.308. The van der Waals surface area contributed by atoms with Crippen LogP contribution in [-0.4, -0.2) is 36.1 Å². The van der Waals surface area contributed by atoms with Crippen LogP contribution in [-0.2, 0) is 27.9 Å². The highest BCUT2D eigenvalue weighted by Crippen LogP contribution is 2.25. The lowest BCUT2D eigenvalue weighted by Gasteiger charge is -2.11. The highest BCUT2D eigenvalue weighted by Gasteiger charge is 2.16. The second kappa shape index (κ2) is 11.0. The molecule has 0 aliphatic carbocycles. The summed E-state index contributed by atoms with van der Waals surface area (Å²) in [7, 11) is -3.57. The number of unbranched alkanes of at least 4 members (excludes halogenated alkanes) is 1. The molecule has 0 spiro atoms. The number of nitrogen functional groups attached to an aromatic ring is 1. The van der Waals surface area contributed by atoms with Crippen LogP contribution in [0.1, 0.15) is 31.2 Å². The number of nitrogens with one attached hydrogen (secondary N) is 1. The van der Waals surface area contributed by atoms with Crippen LogP contribution < -0.4 is 10.5 Å². The summed E-state index contributed by atoms with van der Waals surface area (Å²) in [5.41, 5.74) is 10.7. The quantitative estimate of drug-likeness (QED) is 0.302. The van der Waals surface area contributed by atoms with Gasteiger partial charge in [-0.2, -0.15) is 0 Å². The first-order valence-corrected chi connectivity index (χ1v) is 13.2. The molecule has 35 heavy (non-hydrogen) atoms. The van der Waals surface area contributed by atoms with E-state index in [-0.39, 0.29) is 4.90 Å². The van der Waals surface area contributed by atoms with E-state index in [1.54, 1.807) is 18.3 Å². The number of ether oxygens (including phenoxy) is 1. The van der Waals surface area contributed by atoms with Crippen molar-refractivity contribution >= 4 is 26.9 Å². The predicted octanol–water partition coefficient (Wildman–Crippen LogP) is 4.28. The molecule has 0 radical (unpaired) electrons. The maximum absolute atomic E-state index is 12.7. The first kappa shape index (κ1) is 24.8. The molecule has 0 unspecified atom stereocenters. The summed E-state index contributed by atoms with van der Waals surface area (Å²) in [5.74, 6) is 1.19. The topological polar surface area (TPSA) is 112 Å². The van der Waals surface area contributed by atoms with E-state index in [1.807, 2.05) is 56.3 Å². The molecule has 0 aliphatic heterocycles. The highest BCUT2D eigenvalue weighted by molar-refractivity contribution is 7.89. The lowest BCUT2D eigenvalue weighted by molar-refractivity contribution is 0.126. The summed E-state index contributed by atoms with van der Waals surface area (Å²) < 4.78 is 35.9. The van der Waals surface area contributed by atoms with Gasteiger partial charge in [0.05, 0.1) is 10.4 Å². The average molecular weight is 494 g/mol. The van der Waals surface area contributed by atoms with E-state index in [2.05, 4.69) is 19.3 Å². The maximum atomic E-state index is 12.7. The second-order valence-electron chi connectivity index (χ2n) is 8.34. The van der Waals surface area contributed by atoms with Gasteiger partial charge >= 0.3 is 0 Å². The van der Waals surface area contributed by atoms with Crippen LogP contribution in [0.3, 0.4) is 0 Å². The van der Waals surface area contributed by atoms with Crippen LogP contribution in [0.5, 0.6) is 0 Å². The molecule has 0 fully saturated rings. The number of aromatic nitrogens is 3. The Bertz CT molecular complexity index is 1380. The van der Waals surface area contributed by atoms with Crippen molar-refractivity contribution in [3.63, 3.8) is 0 Å². The van der Waals surface area contributed by atoms with Crippen LogP contribution in [0.25, 0.3) is 22.2 Å². The van der Waals surface area contributed by atoms with Crippen molar-refractivity contribution in [2.24, 2.45) is 0 Å². The van der Waals surface area contributed by atoms with E-state index >= 15 is 0 Å². The second-order valence-corrected chi connectivity index (χ2v) is 10.1. The molecule has 0 saturated carbocycles. The van der Waals surface area contributed by atoms with Gasteiger partial charge in [-0.1, -0.05) is 42.5 Å². The fourth-order valence-corrected chi connectivity index (χ4v) is 5.13. The number of pyridine rings is 1. The lowest BCUT2D eigenvalue weighted by atomic mass is 10.1. The minimum Gasteiger partial charge on any atom is -0.382 e. The standard InChI is InChI=1S/C26H31N5O3S/c1-3-34-18-23-30-24-25(19(2)17-28-26(24)27)31(23)16-8-7-15-29-35(32,33)22-13-11-21(12-14-22)20-9-5-4-6-10-20/h4-6,9-14,17,29H,3,7-8,15-16,18H2,1-2H3,(H2,27,28). The van der Waals surface area contributed by atoms with E-state index in [0.717, 1.165) is 34.5 Å². The number of anilines is 1. The predicted molar refractivity (Wildman–Crippen MR) is 138 cm³/mol. The Labute approximate surface area is 206 Å². The van der Waals surface area contributed by atoms with E-state index in [4.69, 9.17) is 10.5 Å². The van der Waals surface area contributed by atoms with Gasteiger partial charge in [0.15, 0.2) is 5.82 Å². The number of hydrogen-bond donors (Lipinski definition) is 2. The van der Waals surface area contributed by atoms with Crippen LogP contribution in [0, 0.1) is 6.92 Å². The number of sulfonamides is 1. The first-order valence-electron chi connectivity index (χ1n) is 11.7. The number of imidazole rings is 1. The number of benzene rings is 2. The van der Waals surface area contributed by atoms with Crippen molar-refractivity contribution in [2.75, 3.05) is 18.9 Å². The molecule has 0 atom stereocenters. The Morgan fingerprint density at radius 2 is 1.74 bits per heavy atom. The van der Waals surface area contributed by atoms with E-state index in [0.29, 0.717) is 44.1 Å². The third-order valence-electron chi connectivity index (χ3n) is 5.87. The van der Waals surface area contributed by atoms with Crippen LogP contribution in [0.15, 0.2) is 65.7 Å². The zero-order valence-electron chi connectivity index (χ0n) is 20.1. The van der Waals surface area contributed by atoms with Crippen molar-refractivity contribution < 1.29 is 13.2 Å². The molecule has 9 heteroatoms. The normalized spacial score (nSPS) is 11.8. The Balaban J connectivity index is 1.37. The summed E-state index contributed by atoms with van der Waals surface area (Å²) in [6.45, 7) is 5.92. The van der Waals surface area contributed by atoms with Crippen molar-refractivity contribution in [1.82, 2.24) is 19.3 Å². The zero-order valence-corrected chi connectivity index (χ0v) is 20.9. The van der Waals surface area contributed by atoms with Gasteiger partial charge in [0.2, 0.25) is 10.0 Å². The molecule has 4 rings (SSSR count). The highest BCUT2D eigenvalue weighted by atomic mass is 32.2. The number of nitrogens with zero attached hydrogens (tertiary/aromatic N) is 3. The molecule has 8 nitrogen and oxygen atoms in total. The summed E-state index contributed by atoms with van der Waals surface area (Å²) in [6, 6.07) is 16.8. The van der Waals surface area contributed by atoms with Crippen LogP contribution >= 0.6 is 0 Å². The molecule has 184 valence electrons. The molecule has 2 heterocycles. The number of aryl methyl sites for hydroxylation is 2. The maximum Gasteiger partial charge on any atom is 0.240 e. The smallest absolute Gasteiger partial charge is 0.240 e. The number of fused-ring (bicyclic) bond motifs is 1. The largest absolute Gasteiger partial charge is 0.382 e. The summed E-state index contributed by atoms with van der Waals surface area (Å²) in [4.78, 5) is 9.13. The molecule has 0 bridgehead atoms. The molecular weight excluding hydrogens is 462 g/mol. The van der Waals surface area contributed by atoms with Gasteiger partial charge in [-0.05, 0) is 55.5 Å². The lowest BCUT2D eigenvalue weighted by Crippen LogP contribution is -2.25. The first-order chi connectivity index (χ1) is 16.9. The molecule has 0 saturated heterocycles. The minimum atomic E-state index is -3.57. The third kappa shape index (κ3) is 5.70. The van der Waals surface area contributed by atoms with Crippen LogP contribution in [0.4, 0.5) is 5.82 Å². The van der Waals surface area contributed by atoms with Crippen LogP contribution in [0.2, 0.25) is 0 Å². The fourth-order valence-electron chi connectivity index (χ4n) is 4.05. The monoisotopic (exact) mass is 493 g/mol. The molecule has 2 aromatic heterocycles. The van der Waals surface area contributed by atoms with Gasteiger partial charge in [0.1, 0.15) is 17.9 Å². The molecular formula is C26H31N5O3S. The Hall–Kier alpha value is -3.27. The minimum absolute atomic E-state index is 0.260. The van der Waals surface area contributed by atoms with Gasteiger partial charge in [-0.15, -0.1) is 0 Å². The Kier molecular flexibility index (Phi) is 7.80. The molecule has 4 aromatic rings. The summed E-state index contributed by atoms with van der Waals surface area (Å²) >= 11 is 0. The van der Waals surface area contributed by atoms with Gasteiger partial charge in [-0.3, -0.25) is 0 Å². The van der Waals surface area contributed by atoms with E-state index in [1.165, 1.54) is 0 Å². The summed E-state index contributed by atoms with van der Waals surface area (Å²) in [5, 5.41) is 0. The molecule has 2 aromatic carbocycles. The van der Waals surface area contributed by atoms with Gasteiger partial charge in [0.25, 0.3) is 0 Å². The van der Waals surface area contributed by atoms with Crippen molar-refractivity contribution in [3.05, 3.63) is 72.2 Å². The average Bonchev–Trinajstić information content (AvgIpc) is 3.25. The number of rotatable bonds is 11. The number of nitrogens with two attached hydrogens (primary N) is 1. The van der Waals surface area contributed by atoms with Gasteiger partial charge in [0, 0.05) is 25.9 Å². The third-order valence-corrected chi connectivity index (χ3v) is 7.34. The molecule has 3 N–H and O–H groups in total. The van der Waals surface area contributed by atoms with Gasteiger partial charge < -0.3 is 15.0 Å². The Morgan fingerprint density at radius 1 is 1.03 bits per heavy atom. The SMILES string of the molecule is CCOCc1nc2c(N)ncc(C)c2n1CCCCNS(=O)(=O)c1ccc(-c2ccccc2)cc1. The molecule has 0 amide bonds. The summed E-state index contributed by atoms with van der Waals surface area (Å²) in [6.07, 6.45) is 3.19. The van der Waals surface area contributed by atoms with Crippen molar-refractivity contribution in [1.29, 1.82) is 0 Å². The van der Waals surface area contributed by atoms with Crippen molar-refractivity contribution in [2.45, 2.75) is 44.7 Å². The molecule has 0 aliphatic rings. The zero-order chi connectivity index (χ0) is 24.8. The Morgan fingerprint density at radius 3 is 2.46 bits per heavy atom. The van der Waals surface area contributed by atoms with Gasteiger partial charge in [-0.25, -0.2) is 23.1 Å².